The minimum absolute atomic E-state index is 0.239. The molecule has 6 nitrogen and oxygen atoms in total. The van der Waals surface area contributed by atoms with Crippen LogP contribution in [0, 0.1) is 0 Å². The summed E-state index contributed by atoms with van der Waals surface area (Å²) in [6.45, 7) is 2.66. The van der Waals surface area contributed by atoms with Crippen molar-refractivity contribution in [2.45, 2.75) is 6.92 Å². The molecule has 0 radical (unpaired) electrons. The number of aromatic nitrogens is 2. The molecule has 1 aromatic rings. The van der Waals surface area contributed by atoms with E-state index in [1.165, 1.54) is 6.20 Å². The van der Waals surface area contributed by atoms with Crippen molar-refractivity contribution in [1.82, 2.24) is 20.7 Å². The van der Waals surface area contributed by atoms with Gasteiger partial charge in [0.15, 0.2) is 10.9 Å². The molecule has 0 amide bonds. The smallest absolute Gasteiger partial charge is 0.187 e. The fourth-order valence-electron chi connectivity index (χ4n) is 0.800. The first-order valence-electron chi connectivity index (χ1n) is 4.37. The van der Waals surface area contributed by atoms with E-state index in [1.54, 1.807) is 12.4 Å². The molecule has 1 heterocycles. The van der Waals surface area contributed by atoms with Crippen molar-refractivity contribution in [3.63, 3.8) is 0 Å². The summed E-state index contributed by atoms with van der Waals surface area (Å²) in [7, 11) is 0. The van der Waals surface area contributed by atoms with Crippen molar-refractivity contribution < 1.29 is 0 Å². The Balaban J connectivity index is 2.57. The number of amidine groups is 1. The molecule has 0 bridgehead atoms. The van der Waals surface area contributed by atoms with Crippen molar-refractivity contribution >= 4 is 23.2 Å². The molecule has 0 atom stereocenters. The second-order valence-corrected chi connectivity index (χ2v) is 2.97. The largest absolute Gasteiger partial charge is 0.380 e. The van der Waals surface area contributed by atoms with Crippen LogP contribution in [-0.4, -0.2) is 27.5 Å². The maximum Gasteiger partial charge on any atom is 0.187 e. The predicted octanol–water partition coefficient (Wildman–Crippen LogP) is -0.419. The Labute approximate surface area is 93.0 Å². The zero-order valence-electron chi connectivity index (χ0n) is 8.27. The molecule has 1 aromatic heterocycles. The number of nitrogens with zero attached hydrogens (tertiary/aromatic N) is 3. The first-order chi connectivity index (χ1) is 7.24. The first kappa shape index (κ1) is 11.3. The van der Waals surface area contributed by atoms with Crippen LogP contribution in [0.2, 0.25) is 0 Å². The standard InChI is InChI=1S/C8H12N6S/c1-2-11-8(15)14-13-7(9)6-5-10-3-4-12-6/h3-5H,2H2,1H3,(H2,9,13)(H2,11,14,15). The van der Waals surface area contributed by atoms with E-state index in [0.717, 1.165) is 6.54 Å². The second-order valence-electron chi connectivity index (χ2n) is 2.56. The van der Waals surface area contributed by atoms with Crippen LogP contribution in [0.1, 0.15) is 12.6 Å². The van der Waals surface area contributed by atoms with Gasteiger partial charge in [-0.05, 0) is 19.1 Å². The van der Waals surface area contributed by atoms with E-state index >= 15 is 0 Å². The molecule has 0 fully saturated rings. The lowest BCUT2D eigenvalue weighted by molar-refractivity contribution is 0.898. The van der Waals surface area contributed by atoms with Crippen LogP contribution in [0.15, 0.2) is 23.7 Å². The fraction of sp³-hybridized carbons (Fsp3) is 0.250. The predicted molar refractivity (Wildman–Crippen MR) is 62.2 cm³/mol. The fourth-order valence-corrected chi connectivity index (χ4v) is 0.990. The molecule has 0 spiro atoms. The normalized spacial score (nSPS) is 10.9. The lowest BCUT2D eigenvalue weighted by Gasteiger charge is -2.04. The van der Waals surface area contributed by atoms with Crippen molar-refractivity contribution in [1.29, 1.82) is 0 Å². The lowest BCUT2D eigenvalue weighted by atomic mass is 10.4. The minimum atomic E-state index is 0.239. The van der Waals surface area contributed by atoms with E-state index in [9.17, 15) is 0 Å². The van der Waals surface area contributed by atoms with Crippen LogP contribution in [-0.2, 0) is 0 Å². The average molecular weight is 224 g/mol. The quantitative estimate of drug-likeness (QED) is 0.280. The minimum Gasteiger partial charge on any atom is -0.380 e. The molecular weight excluding hydrogens is 212 g/mol. The number of nitrogens with one attached hydrogen (secondary N) is 2. The molecule has 0 aromatic carbocycles. The molecular formula is C8H12N6S. The Morgan fingerprint density at radius 1 is 1.60 bits per heavy atom. The van der Waals surface area contributed by atoms with Gasteiger partial charge in [-0.15, -0.1) is 0 Å². The molecule has 1 rings (SSSR count). The van der Waals surface area contributed by atoms with Gasteiger partial charge in [0, 0.05) is 18.9 Å². The van der Waals surface area contributed by atoms with Gasteiger partial charge in [0.05, 0.1) is 6.20 Å². The summed E-state index contributed by atoms with van der Waals surface area (Å²) in [5, 5.41) is 7.15. The van der Waals surface area contributed by atoms with Crippen molar-refractivity contribution in [2.75, 3.05) is 6.54 Å². The third-order valence-corrected chi connectivity index (χ3v) is 1.68. The highest BCUT2D eigenvalue weighted by Crippen LogP contribution is 1.87. The molecule has 0 aliphatic carbocycles. The molecule has 4 N–H and O–H groups in total. The maximum atomic E-state index is 5.64. The summed E-state index contributed by atoms with van der Waals surface area (Å²) in [6, 6.07) is 0. The molecule has 0 aliphatic rings. The van der Waals surface area contributed by atoms with Crippen LogP contribution in [0.25, 0.3) is 0 Å². The summed E-state index contributed by atoms with van der Waals surface area (Å²) >= 11 is 4.90. The van der Waals surface area contributed by atoms with Crippen LogP contribution < -0.4 is 16.5 Å². The van der Waals surface area contributed by atoms with Gasteiger partial charge in [-0.3, -0.25) is 10.4 Å². The number of hydrogen-bond acceptors (Lipinski definition) is 4. The Morgan fingerprint density at radius 3 is 3.00 bits per heavy atom. The Hall–Kier alpha value is -1.76. The third kappa shape index (κ3) is 3.86. The Morgan fingerprint density at radius 2 is 2.40 bits per heavy atom. The summed E-state index contributed by atoms with van der Waals surface area (Å²) < 4.78 is 0. The van der Waals surface area contributed by atoms with Gasteiger partial charge >= 0.3 is 0 Å². The van der Waals surface area contributed by atoms with E-state index in [-0.39, 0.29) is 5.84 Å². The molecule has 0 aliphatic heterocycles. The van der Waals surface area contributed by atoms with Crippen LogP contribution in [0.3, 0.4) is 0 Å². The summed E-state index contributed by atoms with van der Waals surface area (Å²) in [5.74, 6) is 0.239. The van der Waals surface area contributed by atoms with E-state index in [0.29, 0.717) is 10.8 Å². The van der Waals surface area contributed by atoms with E-state index < -0.39 is 0 Å². The van der Waals surface area contributed by atoms with Gasteiger partial charge in [0.2, 0.25) is 0 Å². The van der Waals surface area contributed by atoms with E-state index in [2.05, 4.69) is 25.8 Å². The molecule has 0 unspecified atom stereocenters. The van der Waals surface area contributed by atoms with E-state index in [4.69, 9.17) is 18.0 Å². The highest BCUT2D eigenvalue weighted by Gasteiger charge is 1.99. The van der Waals surface area contributed by atoms with Crippen LogP contribution in [0.5, 0.6) is 0 Å². The molecule has 7 heteroatoms. The zero-order valence-corrected chi connectivity index (χ0v) is 9.08. The van der Waals surface area contributed by atoms with Gasteiger partial charge in [-0.25, -0.2) is 4.98 Å². The Kier molecular flexibility index (Phi) is 4.42. The third-order valence-electron chi connectivity index (χ3n) is 1.44. The highest BCUT2D eigenvalue weighted by atomic mass is 32.1. The van der Waals surface area contributed by atoms with Crippen molar-refractivity contribution in [3.8, 4) is 0 Å². The molecule has 80 valence electrons. The second kappa shape index (κ2) is 5.86. The topological polar surface area (TPSA) is 88.2 Å². The molecule has 0 saturated heterocycles. The first-order valence-corrected chi connectivity index (χ1v) is 4.78. The van der Waals surface area contributed by atoms with Crippen LogP contribution in [0.4, 0.5) is 0 Å². The van der Waals surface area contributed by atoms with Gasteiger partial charge in [0.25, 0.3) is 0 Å². The molecule has 15 heavy (non-hydrogen) atoms. The SMILES string of the molecule is CCNC(=S)N/N=C(\N)c1cnccn1. The number of rotatable bonds is 3. The monoisotopic (exact) mass is 224 g/mol. The van der Waals surface area contributed by atoms with Crippen LogP contribution >= 0.6 is 12.2 Å². The van der Waals surface area contributed by atoms with Gasteiger partial charge in [-0.2, -0.15) is 5.10 Å². The Bertz CT molecular complexity index is 349. The number of hydrazone groups is 1. The van der Waals surface area contributed by atoms with Crippen molar-refractivity contribution in [2.24, 2.45) is 10.8 Å². The zero-order chi connectivity index (χ0) is 11.1. The van der Waals surface area contributed by atoms with Gasteiger partial charge in [-0.1, -0.05) is 0 Å². The summed E-state index contributed by atoms with van der Waals surface area (Å²) in [5.41, 5.74) is 8.74. The maximum absolute atomic E-state index is 5.64. The lowest BCUT2D eigenvalue weighted by Crippen LogP contribution is -2.33. The summed E-state index contributed by atoms with van der Waals surface area (Å²) in [4.78, 5) is 7.85. The molecule has 0 saturated carbocycles. The van der Waals surface area contributed by atoms with E-state index in [1.807, 2.05) is 6.92 Å². The average Bonchev–Trinajstić information content (AvgIpc) is 2.27. The van der Waals surface area contributed by atoms with Gasteiger partial charge < -0.3 is 11.1 Å². The number of nitrogens with two attached hydrogens (primary N) is 1. The number of hydrogen-bond donors (Lipinski definition) is 3. The number of thiocarbonyl (C=S) groups is 1. The van der Waals surface area contributed by atoms with Gasteiger partial charge in [0.1, 0.15) is 5.69 Å². The summed E-state index contributed by atoms with van der Waals surface area (Å²) in [6.07, 6.45) is 4.63. The highest BCUT2D eigenvalue weighted by molar-refractivity contribution is 7.80. The van der Waals surface area contributed by atoms with Crippen molar-refractivity contribution in [3.05, 3.63) is 24.3 Å².